The zero-order chi connectivity index (χ0) is 9.68. The molecule has 0 spiro atoms. The van der Waals surface area contributed by atoms with E-state index in [1.54, 1.807) is 0 Å². The van der Waals surface area contributed by atoms with Crippen LogP contribution in [0.1, 0.15) is 5.56 Å². The molecule has 0 aromatic heterocycles. The minimum Gasteiger partial charge on any atom is -0.284 e. The summed E-state index contributed by atoms with van der Waals surface area (Å²) in [5.41, 5.74) is 1.09. The minimum atomic E-state index is -0.922. The summed E-state index contributed by atoms with van der Waals surface area (Å²) in [5, 5.41) is -0.202. The lowest BCUT2D eigenvalue weighted by atomic mass is 10.2. The molecule has 0 fully saturated rings. The summed E-state index contributed by atoms with van der Waals surface area (Å²) < 4.78 is 0. The lowest BCUT2D eigenvalue weighted by molar-refractivity contribution is -0.109. The van der Waals surface area contributed by atoms with E-state index in [9.17, 15) is 4.79 Å². The second-order valence-corrected chi connectivity index (χ2v) is 4.47. The molecule has 0 radical (unpaired) electrons. The molecule has 0 aliphatic heterocycles. The largest absolute Gasteiger partial charge is 0.284 e. The summed E-state index contributed by atoms with van der Waals surface area (Å²) in [6.45, 7) is 0. The summed E-state index contributed by atoms with van der Waals surface area (Å²) in [5.74, 6) is 0.621. The van der Waals surface area contributed by atoms with Crippen molar-refractivity contribution < 1.29 is 4.79 Å². The Balaban J connectivity index is 2.40. The second-order valence-electron chi connectivity index (χ2n) is 2.39. The number of carbonyl (C=O) groups is 1. The molecular weight excluding hydrogens is 227 g/mol. The highest BCUT2D eigenvalue weighted by Gasteiger charge is 2.11. The topological polar surface area (TPSA) is 17.1 Å². The first-order valence-corrected chi connectivity index (χ1v) is 5.54. The summed E-state index contributed by atoms with van der Waals surface area (Å²) in [6, 6.07) is 9.70. The highest BCUT2D eigenvalue weighted by atomic mass is 35.5. The van der Waals surface area contributed by atoms with Gasteiger partial charge in [0.25, 0.3) is 0 Å². The number of alkyl halides is 2. The van der Waals surface area contributed by atoms with Crippen LogP contribution in [-0.2, 0) is 10.5 Å². The van der Waals surface area contributed by atoms with Gasteiger partial charge in [-0.2, -0.15) is 0 Å². The van der Waals surface area contributed by atoms with E-state index in [1.807, 2.05) is 30.3 Å². The Hall–Kier alpha value is -0.180. The number of thioether (sulfide) groups is 1. The van der Waals surface area contributed by atoms with Crippen LogP contribution in [0.4, 0.5) is 0 Å². The molecule has 70 valence electrons. The third-order valence-electron chi connectivity index (χ3n) is 1.40. The van der Waals surface area contributed by atoms with Crippen LogP contribution in [0.25, 0.3) is 0 Å². The zero-order valence-electron chi connectivity index (χ0n) is 6.74. The van der Waals surface area contributed by atoms with Crippen molar-refractivity contribution in [3.63, 3.8) is 0 Å². The lowest BCUT2D eigenvalue weighted by Crippen LogP contribution is -2.02. The third-order valence-corrected chi connectivity index (χ3v) is 3.06. The predicted molar refractivity (Wildman–Crippen MR) is 58.2 cm³/mol. The molecule has 0 aliphatic carbocycles. The van der Waals surface area contributed by atoms with Gasteiger partial charge in [-0.25, -0.2) is 0 Å². The number of rotatable bonds is 3. The smallest absolute Gasteiger partial charge is 0.222 e. The van der Waals surface area contributed by atoms with Crippen molar-refractivity contribution in [2.45, 2.75) is 10.6 Å². The van der Waals surface area contributed by atoms with Gasteiger partial charge in [-0.05, 0) is 5.56 Å². The van der Waals surface area contributed by atoms with Crippen molar-refractivity contribution in [2.75, 3.05) is 0 Å². The minimum absolute atomic E-state index is 0.202. The van der Waals surface area contributed by atoms with Gasteiger partial charge in [-0.3, -0.25) is 4.79 Å². The van der Waals surface area contributed by atoms with Gasteiger partial charge in [0, 0.05) is 5.75 Å². The SMILES string of the molecule is O=C(SCc1ccccc1)C(Cl)Cl. The van der Waals surface area contributed by atoms with Gasteiger partial charge in [0.1, 0.15) is 0 Å². The summed E-state index contributed by atoms with van der Waals surface area (Å²) in [7, 11) is 0. The molecule has 0 heterocycles. The highest BCUT2D eigenvalue weighted by molar-refractivity contribution is 8.13. The van der Waals surface area contributed by atoms with Gasteiger partial charge in [0.05, 0.1) is 0 Å². The molecule has 0 aliphatic rings. The molecule has 4 heteroatoms. The van der Waals surface area contributed by atoms with Crippen LogP contribution in [0.15, 0.2) is 30.3 Å². The molecule has 0 N–H and O–H groups in total. The van der Waals surface area contributed by atoms with Crippen LogP contribution in [-0.4, -0.2) is 9.95 Å². The molecule has 0 bridgehead atoms. The lowest BCUT2D eigenvalue weighted by Gasteiger charge is -2.00. The second kappa shape index (κ2) is 5.53. The van der Waals surface area contributed by atoms with E-state index in [0.29, 0.717) is 5.75 Å². The van der Waals surface area contributed by atoms with E-state index < -0.39 is 4.84 Å². The standard InChI is InChI=1S/C9H8Cl2OS/c10-8(11)9(12)13-6-7-4-2-1-3-5-7/h1-5,8H,6H2. The van der Waals surface area contributed by atoms with Gasteiger partial charge in [-0.15, -0.1) is 0 Å². The van der Waals surface area contributed by atoms with Crippen molar-refractivity contribution in [1.82, 2.24) is 0 Å². The number of benzene rings is 1. The summed E-state index contributed by atoms with van der Waals surface area (Å²) in [6.07, 6.45) is 0. The fourth-order valence-electron chi connectivity index (χ4n) is 0.792. The molecule has 1 nitrogen and oxygen atoms in total. The Morgan fingerprint density at radius 3 is 2.46 bits per heavy atom. The molecule has 13 heavy (non-hydrogen) atoms. The molecular formula is C9H8Cl2OS. The predicted octanol–water partition coefficient (Wildman–Crippen LogP) is 3.25. The number of halogens is 2. The molecule has 0 amide bonds. The molecule has 0 saturated carbocycles. The van der Waals surface area contributed by atoms with E-state index in [0.717, 1.165) is 17.3 Å². The Morgan fingerprint density at radius 1 is 1.31 bits per heavy atom. The normalized spacial score (nSPS) is 10.4. The van der Waals surface area contributed by atoms with Crippen molar-refractivity contribution in [3.8, 4) is 0 Å². The van der Waals surface area contributed by atoms with Crippen LogP contribution < -0.4 is 0 Å². The Kier molecular flexibility index (Phi) is 4.64. The monoisotopic (exact) mass is 234 g/mol. The number of carbonyl (C=O) groups excluding carboxylic acids is 1. The number of hydrogen-bond acceptors (Lipinski definition) is 2. The van der Waals surface area contributed by atoms with Crippen molar-refractivity contribution in [1.29, 1.82) is 0 Å². The van der Waals surface area contributed by atoms with Crippen LogP contribution in [0.2, 0.25) is 0 Å². The number of hydrogen-bond donors (Lipinski definition) is 0. The van der Waals surface area contributed by atoms with Crippen LogP contribution in [0.3, 0.4) is 0 Å². The maximum Gasteiger partial charge on any atom is 0.222 e. The van der Waals surface area contributed by atoms with E-state index >= 15 is 0 Å². The van der Waals surface area contributed by atoms with Crippen LogP contribution in [0.5, 0.6) is 0 Å². The Labute approximate surface area is 91.4 Å². The molecule has 1 aromatic carbocycles. The zero-order valence-corrected chi connectivity index (χ0v) is 9.07. The highest BCUT2D eigenvalue weighted by Crippen LogP contribution is 2.18. The fourth-order valence-corrected chi connectivity index (χ4v) is 1.80. The Morgan fingerprint density at radius 2 is 1.92 bits per heavy atom. The van der Waals surface area contributed by atoms with Gasteiger partial charge in [-0.1, -0.05) is 65.3 Å². The van der Waals surface area contributed by atoms with Crippen molar-refractivity contribution in [3.05, 3.63) is 35.9 Å². The molecule has 0 atom stereocenters. The molecule has 1 aromatic rings. The molecule has 0 saturated heterocycles. The van der Waals surface area contributed by atoms with Gasteiger partial charge < -0.3 is 0 Å². The van der Waals surface area contributed by atoms with Gasteiger partial charge in [0.2, 0.25) is 5.12 Å². The summed E-state index contributed by atoms with van der Waals surface area (Å²) in [4.78, 5) is 10.1. The van der Waals surface area contributed by atoms with E-state index in [1.165, 1.54) is 0 Å². The molecule has 1 rings (SSSR count). The van der Waals surface area contributed by atoms with E-state index in [-0.39, 0.29) is 5.12 Å². The van der Waals surface area contributed by atoms with E-state index in [2.05, 4.69) is 0 Å². The average Bonchev–Trinajstić information content (AvgIpc) is 2.15. The van der Waals surface area contributed by atoms with Crippen molar-refractivity contribution >= 4 is 40.1 Å². The summed E-state index contributed by atoms with van der Waals surface area (Å²) >= 11 is 11.9. The van der Waals surface area contributed by atoms with E-state index in [4.69, 9.17) is 23.2 Å². The maximum absolute atomic E-state index is 11.0. The first-order valence-electron chi connectivity index (χ1n) is 3.69. The van der Waals surface area contributed by atoms with Gasteiger partial charge in [0.15, 0.2) is 4.84 Å². The first kappa shape index (κ1) is 10.9. The quantitative estimate of drug-likeness (QED) is 0.748. The van der Waals surface area contributed by atoms with Gasteiger partial charge >= 0.3 is 0 Å². The van der Waals surface area contributed by atoms with Crippen LogP contribution in [0, 0.1) is 0 Å². The fraction of sp³-hybridized carbons (Fsp3) is 0.222. The molecule has 0 unspecified atom stereocenters. The third kappa shape index (κ3) is 4.03. The van der Waals surface area contributed by atoms with Crippen molar-refractivity contribution in [2.24, 2.45) is 0 Å². The van der Waals surface area contributed by atoms with Crippen LogP contribution >= 0.6 is 35.0 Å². The first-order chi connectivity index (χ1) is 6.20. The Bertz CT molecular complexity index is 274. The maximum atomic E-state index is 11.0. The average molecular weight is 235 g/mol.